The summed E-state index contributed by atoms with van der Waals surface area (Å²) in [6.45, 7) is 2.41. The smallest absolute Gasteiger partial charge is 0.170 e. The molecule has 2 aromatic heterocycles. The summed E-state index contributed by atoms with van der Waals surface area (Å²) < 4.78 is 3.80. The minimum atomic E-state index is 0.606. The van der Waals surface area contributed by atoms with Gasteiger partial charge in [0.25, 0.3) is 0 Å². The van der Waals surface area contributed by atoms with E-state index in [4.69, 9.17) is 12.2 Å². The molecular weight excluding hydrogens is 320 g/mol. The fourth-order valence-electron chi connectivity index (χ4n) is 2.34. The third-order valence-corrected chi connectivity index (χ3v) is 3.73. The van der Waals surface area contributed by atoms with Crippen LogP contribution in [0.25, 0.3) is 0 Å². The van der Waals surface area contributed by atoms with Crippen LogP contribution in [0.15, 0.2) is 61.2 Å². The number of anilines is 1. The SMILES string of the molecule is S=C(NCCCn1cccn1)Nc1cnn(Cc2ccccc2)c1. The van der Waals surface area contributed by atoms with Crippen LogP contribution in [0.2, 0.25) is 0 Å². The number of rotatable bonds is 7. The van der Waals surface area contributed by atoms with Gasteiger partial charge in [-0.2, -0.15) is 10.2 Å². The van der Waals surface area contributed by atoms with Crippen LogP contribution >= 0.6 is 12.2 Å². The van der Waals surface area contributed by atoms with E-state index in [1.807, 2.05) is 46.0 Å². The largest absolute Gasteiger partial charge is 0.362 e. The molecule has 6 nitrogen and oxygen atoms in total. The zero-order valence-corrected chi connectivity index (χ0v) is 14.1. The van der Waals surface area contributed by atoms with E-state index in [1.54, 1.807) is 12.4 Å². The Morgan fingerprint density at radius 2 is 1.96 bits per heavy atom. The predicted molar refractivity (Wildman–Crippen MR) is 98.8 cm³/mol. The summed E-state index contributed by atoms with van der Waals surface area (Å²) >= 11 is 5.31. The zero-order chi connectivity index (χ0) is 16.6. The minimum Gasteiger partial charge on any atom is -0.362 e. The molecule has 7 heteroatoms. The van der Waals surface area contributed by atoms with Crippen LogP contribution in [0.3, 0.4) is 0 Å². The lowest BCUT2D eigenvalue weighted by Crippen LogP contribution is -2.29. The first kappa shape index (κ1) is 16.2. The van der Waals surface area contributed by atoms with E-state index in [0.29, 0.717) is 5.11 Å². The molecule has 0 unspecified atom stereocenters. The van der Waals surface area contributed by atoms with Crippen molar-refractivity contribution in [3.05, 3.63) is 66.7 Å². The molecule has 0 aliphatic carbocycles. The summed E-state index contributed by atoms with van der Waals surface area (Å²) in [5.41, 5.74) is 2.10. The predicted octanol–water partition coefficient (Wildman–Crippen LogP) is 2.50. The molecule has 0 aliphatic rings. The first-order chi connectivity index (χ1) is 11.8. The number of hydrogen-bond donors (Lipinski definition) is 2. The minimum absolute atomic E-state index is 0.606. The summed E-state index contributed by atoms with van der Waals surface area (Å²) in [5, 5.41) is 15.5. The molecule has 3 aromatic rings. The average Bonchev–Trinajstić information content (AvgIpc) is 3.25. The topological polar surface area (TPSA) is 59.7 Å². The Kier molecular flexibility index (Phi) is 5.57. The second-order valence-electron chi connectivity index (χ2n) is 5.42. The van der Waals surface area contributed by atoms with E-state index in [2.05, 4.69) is 33.0 Å². The van der Waals surface area contributed by atoms with Crippen molar-refractivity contribution in [1.29, 1.82) is 0 Å². The van der Waals surface area contributed by atoms with Crippen molar-refractivity contribution in [1.82, 2.24) is 24.9 Å². The summed E-state index contributed by atoms with van der Waals surface area (Å²) in [5.74, 6) is 0. The van der Waals surface area contributed by atoms with Crippen LogP contribution < -0.4 is 10.6 Å². The van der Waals surface area contributed by atoms with Crippen LogP contribution in [0.4, 0.5) is 5.69 Å². The van der Waals surface area contributed by atoms with Crippen molar-refractivity contribution in [3.8, 4) is 0 Å². The molecule has 24 heavy (non-hydrogen) atoms. The third kappa shape index (κ3) is 4.92. The molecule has 0 amide bonds. The Bertz CT molecular complexity index is 751. The van der Waals surface area contributed by atoms with Gasteiger partial charge in [0, 0.05) is 31.7 Å². The van der Waals surface area contributed by atoms with Crippen LogP contribution in [0.1, 0.15) is 12.0 Å². The second-order valence-corrected chi connectivity index (χ2v) is 5.82. The summed E-state index contributed by atoms with van der Waals surface area (Å²) in [6, 6.07) is 12.2. The van der Waals surface area contributed by atoms with Gasteiger partial charge in [-0.25, -0.2) is 0 Å². The lowest BCUT2D eigenvalue weighted by Gasteiger charge is -2.08. The quantitative estimate of drug-likeness (QED) is 0.511. The highest BCUT2D eigenvalue weighted by atomic mass is 32.1. The number of nitrogens with one attached hydrogen (secondary N) is 2. The molecule has 3 rings (SSSR count). The van der Waals surface area contributed by atoms with E-state index in [0.717, 1.165) is 31.7 Å². The third-order valence-electron chi connectivity index (χ3n) is 3.49. The second kappa shape index (κ2) is 8.26. The Hall–Kier alpha value is -2.67. The summed E-state index contributed by atoms with van der Waals surface area (Å²) in [4.78, 5) is 0. The van der Waals surface area contributed by atoms with Gasteiger partial charge in [-0.05, 0) is 30.3 Å². The van der Waals surface area contributed by atoms with Crippen molar-refractivity contribution in [2.24, 2.45) is 0 Å². The maximum absolute atomic E-state index is 5.31. The van der Waals surface area contributed by atoms with E-state index < -0.39 is 0 Å². The van der Waals surface area contributed by atoms with Gasteiger partial charge < -0.3 is 10.6 Å². The van der Waals surface area contributed by atoms with Crippen LogP contribution in [-0.2, 0) is 13.1 Å². The van der Waals surface area contributed by atoms with Crippen LogP contribution in [0, 0.1) is 0 Å². The first-order valence-corrected chi connectivity index (χ1v) is 8.29. The van der Waals surface area contributed by atoms with E-state index in [1.165, 1.54) is 5.56 Å². The Morgan fingerprint density at radius 1 is 1.08 bits per heavy atom. The van der Waals surface area contributed by atoms with Gasteiger partial charge in [0.1, 0.15) is 0 Å². The zero-order valence-electron chi connectivity index (χ0n) is 13.3. The molecule has 0 saturated heterocycles. The maximum atomic E-state index is 5.31. The number of nitrogens with zero attached hydrogens (tertiary/aromatic N) is 4. The molecule has 0 atom stereocenters. The highest BCUT2D eigenvalue weighted by molar-refractivity contribution is 7.80. The van der Waals surface area contributed by atoms with E-state index in [-0.39, 0.29) is 0 Å². The molecule has 124 valence electrons. The fourth-order valence-corrected chi connectivity index (χ4v) is 2.56. The van der Waals surface area contributed by atoms with E-state index in [9.17, 15) is 0 Å². The standard InChI is InChI=1S/C17H20N6S/c24-17(18-8-4-10-22-11-5-9-19-22)21-16-12-20-23(14-16)13-15-6-2-1-3-7-15/h1-3,5-7,9,11-12,14H,4,8,10,13H2,(H2,18,21,24). The number of aromatic nitrogens is 4. The van der Waals surface area contributed by atoms with Gasteiger partial charge in [-0.1, -0.05) is 30.3 Å². The van der Waals surface area contributed by atoms with E-state index >= 15 is 0 Å². The van der Waals surface area contributed by atoms with Gasteiger partial charge in [-0.3, -0.25) is 9.36 Å². The molecule has 0 spiro atoms. The Labute approximate surface area is 146 Å². The lowest BCUT2D eigenvalue weighted by molar-refractivity contribution is 0.574. The maximum Gasteiger partial charge on any atom is 0.170 e. The monoisotopic (exact) mass is 340 g/mol. The number of benzene rings is 1. The van der Waals surface area contributed by atoms with Gasteiger partial charge in [-0.15, -0.1) is 0 Å². The normalized spacial score (nSPS) is 10.5. The number of aryl methyl sites for hydroxylation is 1. The van der Waals surface area contributed by atoms with Crippen molar-refractivity contribution in [2.75, 3.05) is 11.9 Å². The molecule has 0 radical (unpaired) electrons. The molecular formula is C17H20N6S. The molecule has 2 heterocycles. The molecule has 0 saturated carbocycles. The van der Waals surface area contributed by atoms with Gasteiger partial charge in [0.2, 0.25) is 0 Å². The van der Waals surface area contributed by atoms with Crippen molar-refractivity contribution in [2.45, 2.75) is 19.5 Å². The fraction of sp³-hybridized carbons (Fsp3) is 0.235. The molecule has 0 bridgehead atoms. The molecule has 0 aliphatic heterocycles. The average molecular weight is 340 g/mol. The van der Waals surface area contributed by atoms with Gasteiger partial charge >= 0.3 is 0 Å². The first-order valence-electron chi connectivity index (χ1n) is 7.88. The van der Waals surface area contributed by atoms with Crippen LogP contribution in [-0.4, -0.2) is 31.2 Å². The lowest BCUT2D eigenvalue weighted by atomic mass is 10.2. The van der Waals surface area contributed by atoms with Crippen molar-refractivity contribution in [3.63, 3.8) is 0 Å². The highest BCUT2D eigenvalue weighted by Crippen LogP contribution is 2.07. The van der Waals surface area contributed by atoms with Crippen molar-refractivity contribution >= 4 is 23.0 Å². The summed E-state index contributed by atoms with van der Waals surface area (Å²) in [6.07, 6.45) is 8.42. The molecule has 1 aromatic carbocycles. The number of hydrogen-bond acceptors (Lipinski definition) is 3. The molecule has 2 N–H and O–H groups in total. The van der Waals surface area contributed by atoms with Crippen molar-refractivity contribution < 1.29 is 0 Å². The summed E-state index contributed by atoms with van der Waals surface area (Å²) in [7, 11) is 0. The molecule has 0 fully saturated rings. The Balaban J connectivity index is 1.40. The Morgan fingerprint density at radius 3 is 2.75 bits per heavy atom. The van der Waals surface area contributed by atoms with Gasteiger partial charge in [0.05, 0.1) is 18.4 Å². The van der Waals surface area contributed by atoms with Crippen LogP contribution in [0.5, 0.6) is 0 Å². The van der Waals surface area contributed by atoms with Gasteiger partial charge in [0.15, 0.2) is 5.11 Å². The highest BCUT2D eigenvalue weighted by Gasteiger charge is 2.02. The number of thiocarbonyl (C=S) groups is 1.